The highest BCUT2D eigenvalue weighted by molar-refractivity contribution is 6.30. The molecule has 18 heavy (non-hydrogen) atoms. The smallest absolute Gasteiger partial charge is 0.370 e. The van der Waals surface area contributed by atoms with E-state index in [4.69, 9.17) is 11.6 Å². The normalized spacial score (nSPS) is 13.6. The van der Waals surface area contributed by atoms with Crippen molar-refractivity contribution in [3.05, 3.63) is 34.9 Å². The van der Waals surface area contributed by atoms with Gasteiger partial charge in [0.15, 0.2) is 0 Å². The lowest BCUT2D eigenvalue weighted by Gasteiger charge is -2.17. The number of ether oxygens (including phenoxy) is 1. The maximum absolute atomic E-state index is 11.9. The van der Waals surface area contributed by atoms with Crippen molar-refractivity contribution in [3.63, 3.8) is 0 Å². The van der Waals surface area contributed by atoms with Crippen LogP contribution in [0.2, 0.25) is 5.02 Å². The summed E-state index contributed by atoms with van der Waals surface area (Å²) in [6.07, 6.45) is -3.69. The van der Waals surface area contributed by atoms with Gasteiger partial charge in [0.05, 0.1) is 6.61 Å². The molecular formula is C12H15ClF3NO. The maximum atomic E-state index is 11.9. The maximum Gasteiger partial charge on any atom is 0.411 e. The summed E-state index contributed by atoms with van der Waals surface area (Å²) < 4.78 is 40.4. The molecule has 0 amide bonds. The summed E-state index contributed by atoms with van der Waals surface area (Å²) in [7, 11) is 1.69. The molecular weight excluding hydrogens is 267 g/mol. The van der Waals surface area contributed by atoms with E-state index in [1.807, 2.05) is 12.1 Å². The van der Waals surface area contributed by atoms with Crippen molar-refractivity contribution < 1.29 is 17.9 Å². The topological polar surface area (TPSA) is 21.3 Å². The Morgan fingerprint density at radius 3 is 2.39 bits per heavy atom. The molecule has 6 heteroatoms. The minimum absolute atomic E-state index is 0.0125. The monoisotopic (exact) mass is 281 g/mol. The summed E-state index contributed by atoms with van der Waals surface area (Å²) in [5.41, 5.74) is 0.995. The van der Waals surface area contributed by atoms with Gasteiger partial charge < -0.3 is 10.1 Å². The van der Waals surface area contributed by atoms with Crippen LogP contribution < -0.4 is 5.32 Å². The van der Waals surface area contributed by atoms with Crippen molar-refractivity contribution in [3.8, 4) is 0 Å². The van der Waals surface area contributed by atoms with Crippen molar-refractivity contribution in [1.29, 1.82) is 0 Å². The number of benzene rings is 1. The highest BCUT2D eigenvalue weighted by Gasteiger charge is 2.27. The molecule has 0 aromatic heterocycles. The Kier molecular flexibility index (Phi) is 5.91. The van der Waals surface area contributed by atoms with Gasteiger partial charge in [-0.2, -0.15) is 13.2 Å². The Morgan fingerprint density at radius 2 is 1.89 bits per heavy atom. The van der Waals surface area contributed by atoms with Crippen LogP contribution in [0.3, 0.4) is 0 Å². The summed E-state index contributed by atoms with van der Waals surface area (Å²) in [4.78, 5) is 0. The Balaban J connectivity index is 2.40. The van der Waals surface area contributed by atoms with E-state index in [-0.39, 0.29) is 12.6 Å². The molecule has 0 spiro atoms. The molecule has 0 radical (unpaired) electrons. The second kappa shape index (κ2) is 6.97. The Labute approximate surface area is 109 Å². The average molecular weight is 282 g/mol. The molecule has 0 bridgehead atoms. The van der Waals surface area contributed by atoms with E-state index >= 15 is 0 Å². The lowest BCUT2D eigenvalue weighted by atomic mass is 10.1. The average Bonchev–Trinajstić information content (AvgIpc) is 2.29. The summed E-state index contributed by atoms with van der Waals surface area (Å²) in [5.74, 6) is 0. The van der Waals surface area contributed by atoms with Gasteiger partial charge in [0.2, 0.25) is 0 Å². The van der Waals surface area contributed by atoms with Crippen LogP contribution in [0, 0.1) is 0 Å². The number of halogens is 4. The third-order valence-electron chi connectivity index (χ3n) is 2.39. The molecule has 0 saturated carbocycles. The molecule has 0 saturated heterocycles. The zero-order chi connectivity index (χ0) is 13.6. The van der Waals surface area contributed by atoms with Crippen LogP contribution in [0.15, 0.2) is 24.3 Å². The minimum atomic E-state index is -4.28. The molecule has 1 rings (SSSR count). The number of likely N-dealkylation sites (N-methyl/N-ethyl adjacent to an activating group) is 1. The third kappa shape index (κ3) is 6.23. The van der Waals surface area contributed by atoms with Crippen LogP contribution in [-0.4, -0.2) is 32.5 Å². The summed E-state index contributed by atoms with van der Waals surface area (Å²) in [6, 6.07) is 7.03. The molecule has 0 aliphatic heterocycles. The molecule has 0 heterocycles. The van der Waals surface area contributed by atoms with Crippen LogP contribution >= 0.6 is 11.6 Å². The van der Waals surface area contributed by atoms with Crippen LogP contribution in [0.25, 0.3) is 0 Å². The summed E-state index contributed by atoms with van der Waals surface area (Å²) in [6.45, 7) is -1.20. The van der Waals surface area contributed by atoms with Crippen molar-refractivity contribution in [1.82, 2.24) is 5.32 Å². The first-order valence-corrected chi connectivity index (χ1v) is 5.84. The van der Waals surface area contributed by atoms with Crippen LogP contribution in [0.1, 0.15) is 5.56 Å². The van der Waals surface area contributed by atoms with E-state index in [1.165, 1.54) is 0 Å². The van der Waals surface area contributed by atoms with Crippen molar-refractivity contribution in [2.24, 2.45) is 0 Å². The van der Waals surface area contributed by atoms with Crippen molar-refractivity contribution >= 4 is 11.6 Å². The first kappa shape index (κ1) is 15.3. The number of rotatable bonds is 6. The number of nitrogens with one attached hydrogen (secondary N) is 1. The van der Waals surface area contributed by atoms with Gasteiger partial charge in [-0.3, -0.25) is 0 Å². The van der Waals surface area contributed by atoms with E-state index in [2.05, 4.69) is 10.1 Å². The van der Waals surface area contributed by atoms with Crippen LogP contribution in [0.5, 0.6) is 0 Å². The molecule has 102 valence electrons. The second-order valence-corrected chi connectivity index (χ2v) is 4.38. The zero-order valence-electron chi connectivity index (χ0n) is 9.93. The fourth-order valence-electron chi connectivity index (χ4n) is 1.47. The van der Waals surface area contributed by atoms with E-state index in [0.29, 0.717) is 11.4 Å². The van der Waals surface area contributed by atoms with Gasteiger partial charge >= 0.3 is 6.18 Å². The van der Waals surface area contributed by atoms with E-state index in [1.54, 1.807) is 19.2 Å². The van der Waals surface area contributed by atoms with Crippen molar-refractivity contribution in [2.75, 3.05) is 20.3 Å². The molecule has 0 aliphatic carbocycles. The molecule has 1 aromatic carbocycles. The Hall–Kier alpha value is -0.780. The molecule has 0 fully saturated rings. The Morgan fingerprint density at radius 1 is 1.28 bits per heavy atom. The standard InChI is InChI=1S/C12H15ClF3NO/c1-17-11(7-18-8-12(14,15)16)6-9-2-4-10(13)5-3-9/h2-5,11,17H,6-8H2,1H3. The number of hydrogen-bond acceptors (Lipinski definition) is 2. The molecule has 1 N–H and O–H groups in total. The minimum Gasteiger partial charge on any atom is -0.370 e. The largest absolute Gasteiger partial charge is 0.411 e. The third-order valence-corrected chi connectivity index (χ3v) is 2.64. The first-order valence-electron chi connectivity index (χ1n) is 5.47. The fraction of sp³-hybridized carbons (Fsp3) is 0.500. The van der Waals surface area contributed by atoms with Gasteiger partial charge in [-0.1, -0.05) is 23.7 Å². The number of hydrogen-bond donors (Lipinski definition) is 1. The van der Waals surface area contributed by atoms with Crippen LogP contribution in [-0.2, 0) is 11.2 Å². The number of alkyl halides is 3. The molecule has 1 unspecified atom stereocenters. The fourth-order valence-corrected chi connectivity index (χ4v) is 1.59. The second-order valence-electron chi connectivity index (χ2n) is 3.95. The predicted molar refractivity (Wildman–Crippen MR) is 64.9 cm³/mol. The molecule has 2 nitrogen and oxygen atoms in total. The highest BCUT2D eigenvalue weighted by atomic mass is 35.5. The van der Waals surface area contributed by atoms with Gasteiger partial charge in [-0.25, -0.2) is 0 Å². The molecule has 0 aliphatic rings. The van der Waals surface area contributed by atoms with Gasteiger partial charge in [-0.05, 0) is 31.2 Å². The van der Waals surface area contributed by atoms with E-state index in [9.17, 15) is 13.2 Å². The van der Waals surface area contributed by atoms with Gasteiger partial charge in [0.25, 0.3) is 0 Å². The highest BCUT2D eigenvalue weighted by Crippen LogP contribution is 2.15. The van der Waals surface area contributed by atoms with E-state index in [0.717, 1.165) is 5.56 Å². The lowest BCUT2D eigenvalue weighted by Crippen LogP contribution is -2.34. The first-order chi connectivity index (χ1) is 8.40. The zero-order valence-corrected chi connectivity index (χ0v) is 10.7. The molecule has 1 aromatic rings. The Bertz CT molecular complexity index is 353. The lowest BCUT2D eigenvalue weighted by molar-refractivity contribution is -0.175. The van der Waals surface area contributed by atoms with Crippen LogP contribution in [0.4, 0.5) is 13.2 Å². The quantitative estimate of drug-likeness (QED) is 0.865. The van der Waals surface area contributed by atoms with E-state index < -0.39 is 12.8 Å². The predicted octanol–water partition coefficient (Wildman–Crippen LogP) is 3.05. The van der Waals surface area contributed by atoms with Gasteiger partial charge in [0, 0.05) is 11.1 Å². The SMILES string of the molecule is CNC(COCC(F)(F)F)Cc1ccc(Cl)cc1. The summed E-state index contributed by atoms with van der Waals surface area (Å²) in [5, 5.41) is 3.56. The van der Waals surface area contributed by atoms with Gasteiger partial charge in [0.1, 0.15) is 6.61 Å². The van der Waals surface area contributed by atoms with Crippen molar-refractivity contribution in [2.45, 2.75) is 18.6 Å². The van der Waals surface area contributed by atoms with Gasteiger partial charge in [-0.15, -0.1) is 0 Å². The molecule has 1 atom stereocenters. The summed E-state index contributed by atoms with van der Waals surface area (Å²) >= 11 is 5.75.